The molecule has 126 valence electrons. The number of carbonyl (C=O) groups excluding carboxylic acids is 1. The van der Waals surface area contributed by atoms with Gasteiger partial charge in [-0.05, 0) is 49.2 Å². The number of hydrogen-bond donors (Lipinski definition) is 1. The summed E-state index contributed by atoms with van der Waals surface area (Å²) >= 11 is 6.04. The number of likely N-dealkylation sites (tertiary alicyclic amines) is 1. The van der Waals surface area contributed by atoms with Gasteiger partial charge in [-0.25, -0.2) is 0 Å². The van der Waals surface area contributed by atoms with Crippen LogP contribution in [0.15, 0.2) is 48.7 Å². The Balaban J connectivity index is 1.50. The minimum Gasteiger partial charge on any atom is -0.335 e. The summed E-state index contributed by atoms with van der Waals surface area (Å²) in [7, 11) is 0. The molecule has 1 unspecified atom stereocenters. The maximum Gasteiger partial charge on any atom is 0.223 e. The minimum absolute atomic E-state index is 0.240. The van der Waals surface area contributed by atoms with Gasteiger partial charge in [-0.1, -0.05) is 29.8 Å². The van der Waals surface area contributed by atoms with Crippen molar-refractivity contribution in [2.75, 3.05) is 6.54 Å². The van der Waals surface area contributed by atoms with Gasteiger partial charge in [0.2, 0.25) is 5.91 Å². The molecule has 1 amide bonds. The van der Waals surface area contributed by atoms with E-state index in [0.29, 0.717) is 24.0 Å². The largest absolute Gasteiger partial charge is 0.335 e. The van der Waals surface area contributed by atoms with Crippen LogP contribution in [0.25, 0.3) is 0 Å². The van der Waals surface area contributed by atoms with E-state index in [-0.39, 0.29) is 5.91 Å². The van der Waals surface area contributed by atoms with Gasteiger partial charge in [-0.3, -0.25) is 9.78 Å². The van der Waals surface area contributed by atoms with E-state index in [1.807, 2.05) is 47.4 Å². The Morgan fingerprint density at radius 2 is 2.17 bits per heavy atom. The van der Waals surface area contributed by atoms with Gasteiger partial charge in [-0.15, -0.1) is 0 Å². The Kier molecular flexibility index (Phi) is 5.83. The maximum atomic E-state index is 12.2. The number of nitrogens with one attached hydrogen (secondary N) is 1. The van der Waals surface area contributed by atoms with Gasteiger partial charge in [-0.2, -0.15) is 0 Å². The number of halogens is 1. The quantitative estimate of drug-likeness (QED) is 0.784. The lowest BCUT2D eigenvalue weighted by atomic mass is 10.1. The molecule has 1 fully saturated rings. The van der Waals surface area contributed by atoms with E-state index in [1.54, 1.807) is 6.20 Å². The highest BCUT2D eigenvalue weighted by atomic mass is 35.5. The molecule has 0 bridgehead atoms. The molecule has 1 N–H and O–H groups in total. The summed E-state index contributed by atoms with van der Waals surface area (Å²) in [5.74, 6) is 0.240. The smallest absolute Gasteiger partial charge is 0.223 e. The fraction of sp³-hybridized carbons (Fsp3) is 0.368. The van der Waals surface area contributed by atoms with Crippen LogP contribution < -0.4 is 5.32 Å². The summed E-state index contributed by atoms with van der Waals surface area (Å²) in [5.41, 5.74) is 2.12. The second kappa shape index (κ2) is 8.27. The molecule has 2 heterocycles. The first kappa shape index (κ1) is 16.9. The van der Waals surface area contributed by atoms with Crippen molar-refractivity contribution in [2.24, 2.45) is 0 Å². The molecular formula is C19H22ClN3O. The summed E-state index contributed by atoms with van der Waals surface area (Å²) in [6, 6.07) is 14.0. The van der Waals surface area contributed by atoms with E-state index in [2.05, 4.69) is 10.3 Å². The molecule has 0 spiro atoms. The second-order valence-corrected chi connectivity index (χ2v) is 6.57. The Morgan fingerprint density at radius 1 is 1.25 bits per heavy atom. The summed E-state index contributed by atoms with van der Waals surface area (Å²) in [4.78, 5) is 18.5. The highest BCUT2D eigenvalue weighted by Gasteiger charge is 2.30. The van der Waals surface area contributed by atoms with E-state index in [1.165, 1.54) is 0 Å². The van der Waals surface area contributed by atoms with Crippen LogP contribution in [0.4, 0.5) is 0 Å². The zero-order valence-corrected chi connectivity index (χ0v) is 14.4. The summed E-state index contributed by atoms with van der Waals surface area (Å²) in [6.45, 7) is 2.28. The SMILES string of the molecule is O=C1CCC(CCNCc2ccccn2)N1Cc1cccc(Cl)c1. The molecule has 1 aliphatic rings. The molecule has 0 aliphatic carbocycles. The lowest BCUT2D eigenvalue weighted by Gasteiger charge is -2.25. The number of aromatic nitrogens is 1. The van der Waals surface area contributed by atoms with E-state index < -0.39 is 0 Å². The van der Waals surface area contributed by atoms with Gasteiger partial charge in [0.25, 0.3) is 0 Å². The second-order valence-electron chi connectivity index (χ2n) is 6.13. The van der Waals surface area contributed by atoms with Gasteiger partial charge in [0.15, 0.2) is 0 Å². The first-order valence-corrected chi connectivity index (χ1v) is 8.75. The molecule has 1 aromatic carbocycles. The van der Waals surface area contributed by atoms with Crippen LogP contribution >= 0.6 is 11.6 Å². The van der Waals surface area contributed by atoms with Gasteiger partial charge >= 0.3 is 0 Å². The third-order valence-electron chi connectivity index (χ3n) is 4.38. The molecule has 5 heteroatoms. The van der Waals surface area contributed by atoms with Crippen LogP contribution in [-0.2, 0) is 17.9 Å². The lowest BCUT2D eigenvalue weighted by molar-refractivity contribution is -0.129. The molecule has 1 aromatic heterocycles. The van der Waals surface area contributed by atoms with Crippen molar-refractivity contribution in [3.63, 3.8) is 0 Å². The van der Waals surface area contributed by atoms with Gasteiger partial charge < -0.3 is 10.2 Å². The van der Waals surface area contributed by atoms with Crippen LogP contribution in [0.3, 0.4) is 0 Å². The first-order valence-electron chi connectivity index (χ1n) is 8.37. The van der Waals surface area contributed by atoms with Crippen LogP contribution in [0.5, 0.6) is 0 Å². The van der Waals surface area contributed by atoms with Crippen LogP contribution in [0, 0.1) is 0 Å². The van der Waals surface area contributed by atoms with Crippen molar-refractivity contribution in [2.45, 2.75) is 38.4 Å². The first-order chi connectivity index (χ1) is 11.7. The summed E-state index contributed by atoms with van der Waals surface area (Å²) in [6.07, 6.45) is 4.34. The molecule has 0 radical (unpaired) electrons. The number of benzene rings is 1. The monoisotopic (exact) mass is 343 g/mol. The standard InChI is InChI=1S/C19H22ClN3O/c20-16-5-3-4-15(12-16)14-23-18(7-8-19(23)24)9-11-21-13-17-6-1-2-10-22-17/h1-6,10,12,18,21H,7-9,11,13-14H2. The molecule has 0 saturated carbocycles. The van der Waals surface area contributed by atoms with Gasteiger partial charge in [0, 0.05) is 36.8 Å². The molecule has 1 aliphatic heterocycles. The predicted molar refractivity (Wildman–Crippen MR) is 95.6 cm³/mol. The Hall–Kier alpha value is -1.91. The summed E-state index contributed by atoms with van der Waals surface area (Å²) in [5, 5.41) is 4.13. The Morgan fingerprint density at radius 3 is 2.96 bits per heavy atom. The highest BCUT2D eigenvalue weighted by Crippen LogP contribution is 2.24. The predicted octanol–water partition coefficient (Wildman–Crippen LogP) is 3.41. The van der Waals surface area contributed by atoms with E-state index in [4.69, 9.17) is 11.6 Å². The Labute approximate surface area is 147 Å². The number of amides is 1. The van der Waals surface area contributed by atoms with E-state index in [0.717, 1.165) is 37.2 Å². The number of carbonyl (C=O) groups is 1. The number of pyridine rings is 1. The van der Waals surface area contributed by atoms with Gasteiger partial charge in [0.05, 0.1) is 5.69 Å². The van der Waals surface area contributed by atoms with Crippen molar-refractivity contribution < 1.29 is 4.79 Å². The average molecular weight is 344 g/mol. The maximum absolute atomic E-state index is 12.2. The zero-order chi connectivity index (χ0) is 16.8. The number of nitrogens with zero attached hydrogens (tertiary/aromatic N) is 2. The Bertz CT molecular complexity index is 677. The van der Waals surface area contributed by atoms with Crippen molar-refractivity contribution >= 4 is 17.5 Å². The van der Waals surface area contributed by atoms with E-state index >= 15 is 0 Å². The summed E-state index contributed by atoms with van der Waals surface area (Å²) < 4.78 is 0. The van der Waals surface area contributed by atoms with E-state index in [9.17, 15) is 4.79 Å². The van der Waals surface area contributed by atoms with Crippen molar-refractivity contribution in [3.05, 3.63) is 64.9 Å². The number of rotatable bonds is 7. The zero-order valence-electron chi connectivity index (χ0n) is 13.6. The minimum atomic E-state index is 0.240. The average Bonchev–Trinajstić information content (AvgIpc) is 2.93. The molecule has 3 rings (SSSR count). The van der Waals surface area contributed by atoms with Crippen LogP contribution in [0.1, 0.15) is 30.5 Å². The molecule has 4 nitrogen and oxygen atoms in total. The normalized spacial score (nSPS) is 17.5. The molecular weight excluding hydrogens is 322 g/mol. The molecule has 24 heavy (non-hydrogen) atoms. The third-order valence-corrected chi connectivity index (χ3v) is 4.62. The topological polar surface area (TPSA) is 45.2 Å². The molecule has 2 aromatic rings. The third kappa shape index (κ3) is 4.56. The number of hydrogen-bond acceptors (Lipinski definition) is 3. The van der Waals surface area contributed by atoms with Crippen LogP contribution in [0.2, 0.25) is 5.02 Å². The molecule has 1 saturated heterocycles. The van der Waals surface area contributed by atoms with Gasteiger partial charge in [0.1, 0.15) is 0 Å². The highest BCUT2D eigenvalue weighted by molar-refractivity contribution is 6.30. The lowest BCUT2D eigenvalue weighted by Crippen LogP contribution is -2.34. The molecule has 1 atom stereocenters. The fourth-order valence-electron chi connectivity index (χ4n) is 3.13. The van der Waals surface area contributed by atoms with Crippen molar-refractivity contribution in [1.82, 2.24) is 15.2 Å². The fourth-order valence-corrected chi connectivity index (χ4v) is 3.34. The van der Waals surface area contributed by atoms with Crippen LogP contribution in [-0.4, -0.2) is 28.4 Å². The van der Waals surface area contributed by atoms with Crippen molar-refractivity contribution in [1.29, 1.82) is 0 Å². The van der Waals surface area contributed by atoms with Crippen molar-refractivity contribution in [3.8, 4) is 0 Å².